The van der Waals surface area contributed by atoms with Crippen LogP contribution in [0, 0.1) is 0 Å². The van der Waals surface area contributed by atoms with Crippen molar-refractivity contribution in [2.75, 3.05) is 33.4 Å². The van der Waals surface area contributed by atoms with E-state index in [1.54, 1.807) is 11.4 Å². The maximum atomic E-state index is 12.1. The van der Waals surface area contributed by atoms with Crippen LogP contribution in [0.2, 0.25) is 0 Å². The minimum Gasteiger partial charge on any atom is -0.383 e. The van der Waals surface area contributed by atoms with Crippen molar-refractivity contribution in [2.24, 2.45) is 5.73 Å². The van der Waals surface area contributed by atoms with Crippen molar-refractivity contribution in [1.82, 2.24) is 9.03 Å². The van der Waals surface area contributed by atoms with E-state index in [2.05, 4.69) is 4.72 Å². The molecule has 0 atom stereocenters. The van der Waals surface area contributed by atoms with Gasteiger partial charge in [-0.25, -0.2) is 0 Å². The first-order chi connectivity index (χ1) is 8.11. The van der Waals surface area contributed by atoms with E-state index in [0.717, 1.165) is 19.3 Å². The highest BCUT2D eigenvalue weighted by Gasteiger charge is 2.32. The van der Waals surface area contributed by atoms with Crippen LogP contribution in [-0.4, -0.2) is 52.1 Å². The van der Waals surface area contributed by atoms with Crippen molar-refractivity contribution in [3.63, 3.8) is 0 Å². The number of methoxy groups -OCH3 is 1. The molecule has 0 spiro atoms. The average Bonchev–Trinajstić information content (AvgIpc) is 2.21. The smallest absolute Gasteiger partial charge is 0.279 e. The Balaban J connectivity index is 2.53. The summed E-state index contributed by atoms with van der Waals surface area (Å²) in [7, 11) is -1.83. The van der Waals surface area contributed by atoms with E-state index in [1.165, 1.54) is 0 Å². The fourth-order valence-electron chi connectivity index (χ4n) is 1.78. The third-order valence-electron chi connectivity index (χ3n) is 2.96. The van der Waals surface area contributed by atoms with Crippen molar-refractivity contribution in [1.29, 1.82) is 0 Å². The summed E-state index contributed by atoms with van der Waals surface area (Å²) in [6.07, 6.45) is 3.71. The molecule has 0 radical (unpaired) electrons. The Bertz CT molecular complexity index is 304. The molecule has 1 rings (SSSR count). The fourth-order valence-corrected chi connectivity index (χ4v) is 3.26. The lowest BCUT2D eigenvalue weighted by Crippen LogP contribution is -2.50. The minimum absolute atomic E-state index is 0.154. The standard InChI is InChI=1S/C10H23N3O3S/c1-16-9-7-12-17(14,15)13(8-3-6-11)10-4-2-5-10/h10,12H,2-9,11H2,1H3. The molecule has 0 saturated heterocycles. The minimum atomic E-state index is -3.38. The van der Waals surface area contributed by atoms with E-state index in [1.807, 2.05) is 0 Å². The summed E-state index contributed by atoms with van der Waals surface area (Å²) < 4.78 is 33.1. The van der Waals surface area contributed by atoms with Gasteiger partial charge in [0.2, 0.25) is 0 Å². The van der Waals surface area contributed by atoms with Crippen LogP contribution in [0.4, 0.5) is 0 Å². The number of hydrogen-bond acceptors (Lipinski definition) is 4. The van der Waals surface area contributed by atoms with Crippen LogP contribution < -0.4 is 10.5 Å². The van der Waals surface area contributed by atoms with Gasteiger partial charge in [-0.3, -0.25) is 0 Å². The molecule has 102 valence electrons. The van der Waals surface area contributed by atoms with E-state index in [-0.39, 0.29) is 6.04 Å². The zero-order valence-corrected chi connectivity index (χ0v) is 11.2. The third-order valence-corrected chi connectivity index (χ3v) is 4.63. The molecule has 17 heavy (non-hydrogen) atoms. The highest BCUT2D eigenvalue weighted by Crippen LogP contribution is 2.26. The summed E-state index contributed by atoms with van der Waals surface area (Å²) in [5.41, 5.74) is 5.44. The third kappa shape index (κ3) is 4.51. The molecule has 1 fully saturated rings. The summed E-state index contributed by atoms with van der Waals surface area (Å²) in [6.45, 7) is 1.71. The van der Waals surface area contributed by atoms with Gasteiger partial charge in [-0.1, -0.05) is 6.42 Å². The Kier molecular flexibility index (Phi) is 6.35. The number of hydrogen-bond donors (Lipinski definition) is 2. The van der Waals surface area contributed by atoms with Gasteiger partial charge in [-0.2, -0.15) is 17.4 Å². The molecule has 0 aromatic heterocycles. The Morgan fingerprint density at radius 2 is 2.18 bits per heavy atom. The molecule has 0 bridgehead atoms. The molecule has 3 N–H and O–H groups in total. The molecular weight excluding hydrogens is 242 g/mol. The summed E-state index contributed by atoms with van der Waals surface area (Å²) in [5, 5.41) is 0. The van der Waals surface area contributed by atoms with Gasteiger partial charge >= 0.3 is 0 Å². The largest absolute Gasteiger partial charge is 0.383 e. The molecule has 0 aromatic carbocycles. The predicted octanol–water partition coefficient (Wildman–Crippen LogP) is -0.329. The summed E-state index contributed by atoms with van der Waals surface area (Å²) in [5.74, 6) is 0. The lowest BCUT2D eigenvalue weighted by Gasteiger charge is -2.36. The molecule has 1 aliphatic carbocycles. The zero-order chi connectivity index (χ0) is 12.7. The van der Waals surface area contributed by atoms with Crippen LogP contribution in [-0.2, 0) is 14.9 Å². The van der Waals surface area contributed by atoms with Gasteiger partial charge in [0.1, 0.15) is 0 Å². The van der Waals surface area contributed by atoms with E-state index in [9.17, 15) is 8.42 Å². The molecule has 0 amide bonds. The van der Waals surface area contributed by atoms with Gasteiger partial charge in [0, 0.05) is 26.2 Å². The zero-order valence-electron chi connectivity index (χ0n) is 10.4. The molecule has 0 heterocycles. The van der Waals surface area contributed by atoms with Crippen LogP contribution in [0.5, 0.6) is 0 Å². The van der Waals surface area contributed by atoms with Crippen LogP contribution in [0.3, 0.4) is 0 Å². The van der Waals surface area contributed by atoms with Gasteiger partial charge in [-0.05, 0) is 25.8 Å². The lowest BCUT2D eigenvalue weighted by molar-refractivity contribution is 0.198. The van der Waals surface area contributed by atoms with Gasteiger partial charge in [0.05, 0.1) is 6.61 Å². The SMILES string of the molecule is COCCNS(=O)(=O)N(CCCN)C1CCC1. The maximum Gasteiger partial charge on any atom is 0.279 e. The monoisotopic (exact) mass is 265 g/mol. The summed E-state index contributed by atoms with van der Waals surface area (Å²) in [6, 6.07) is 0.154. The number of ether oxygens (including phenoxy) is 1. The van der Waals surface area contributed by atoms with E-state index >= 15 is 0 Å². The van der Waals surface area contributed by atoms with Gasteiger partial charge in [-0.15, -0.1) is 0 Å². The van der Waals surface area contributed by atoms with E-state index in [0.29, 0.717) is 32.7 Å². The van der Waals surface area contributed by atoms with Gasteiger partial charge in [0.25, 0.3) is 10.2 Å². The Morgan fingerprint density at radius 3 is 2.65 bits per heavy atom. The lowest BCUT2D eigenvalue weighted by atomic mass is 9.93. The molecule has 1 saturated carbocycles. The molecule has 0 aliphatic heterocycles. The number of nitrogens with zero attached hydrogens (tertiary/aromatic N) is 1. The van der Waals surface area contributed by atoms with Crippen LogP contribution >= 0.6 is 0 Å². The first kappa shape index (κ1) is 14.8. The van der Waals surface area contributed by atoms with Gasteiger partial charge < -0.3 is 10.5 Å². The van der Waals surface area contributed by atoms with Crippen molar-refractivity contribution < 1.29 is 13.2 Å². The molecule has 6 nitrogen and oxygen atoms in total. The quantitative estimate of drug-likeness (QED) is 0.559. The predicted molar refractivity (Wildman–Crippen MR) is 66.8 cm³/mol. The molecular formula is C10H23N3O3S. The second-order valence-corrected chi connectivity index (χ2v) is 5.94. The van der Waals surface area contributed by atoms with Crippen LogP contribution in [0.1, 0.15) is 25.7 Å². The summed E-state index contributed by atoms with van der Waals surface area (Å²) >= 11 is 0. The maximum absolute atomic E-state index is 12.1. The van der Waals surface area contributed by atoms with Crippen molar-refractivity contribution in [2.45, 2.75) is 31.7 Å². The number of nitrogens with two attached hydrogens (primary N) is 1. The van der Waals surface area contributed by atoms with E-state index in [4.69, 9.17) is 10.5 Å². The summed E-state index contributed by atoms with van der Waals surface area (Å²) in [4.78, 5) is 0. The second kappa shape index (κ2) is 7.27. The van der Waals surface area contributed by atoms with Crippen molar-refractivity contribution in [3.05, 3.63) is 0 Å². The Morgan fingerprint density at radius 1 is 1.47 bits per heavy atom. The Labute approximate surface area is 104 Å². The highest BCUT2D eigenvalue weighted by atomic mass is 32.2. The number of rotatable bonds is 9. The number of nitrogens with one attached hydrogen (secondary N) is 1. The molecule has 7 heteroatoms. The topological polar surface area (TPSA) is 84.7 Å². The van der Waals surface area contributed by atoms with Crippen molar-refractivity contribution >= 4 is 10.2 Å². The molecule has 0 aromatic rings. The molecule has 0 unspecified atom stereocenters. The first-order valence-electron chi connectivity index (χ1n) is 6.07. The molecule has 1 aliphatic rings. The Hall–Kier alpha value is -0.210. The first-order valence-corrected chi connectivity index (χ1v) is 7.51. The fraction of sp³-hybridized carbons (Fsp3) is 1.00. The van der Waals surface area contributed by atoms with Crippen LogP contribution in [0.15, 0.2) is 0 Å². The van der Waals surface area contributed by atoms with Crippen molar-refractivity contribution in [3.8, 4) is 0 Å². The average molecular weight is 265 g/mol. The van der Waals surface area contributed by atoms with Gasteiger partial charge in [0.15, 0.2) is 0 Å². The van der Waals surface area contributed by atoms with Crippen LogP contribution in [0.25, 0.3) is 0 Å². The highest BCUT2D eigenvalue weighted by molar-refractivity contribution is 7.87. The normalized spacial score (nSPS) is 17.4. The second-order valence-electron chi connectivity index (χ2n) is 4.23. The van der Waals surface area contributed by atoms with E-state index < -0.39 is 10.2 Å².